The SMILES string of the molecule is CC/C=C\C/C=C\C/C=C\C/C=C\C/C=C\C/C=C\C/C=C\CCCCCCCCCCCCCCCCCCCC(=O)OC(COC(=O)CCCCCCCCCCCCCCC/C=C\C/C=C\C/C=C\C/C=C\C/C=C\C/C=C\C/C=C\CC)COP(=O)([O-])OCC[N+](C)(C)C. The van der Waals surface area contributed by atoms with Gasteiger partial charge in [0.15, 0.2) is 6.10 Å². The summed E-state index contributed by atoms with van der Waals surface area (Å²) in [6, 6.07) is 0. The number of ether oxygens (including phenoxy) is 2. The van der Waals surface area contributed by atoms with Crippen molar-refractivity contribution < 1.29 is 42.1 Å². The predicted molar refractivity (Wildman–Crippen MR) is 424 cm³/mol. The highest BCUT2D eigenvalue weighted by atomic mass is 31.2. The molecule has 0 spiro atoms. The Labute approximate surface area is 604 Å². The maximum Gasteiger partial charge on any atom is 0.306 e. The third kappa shape index (κ3) is 80.3. The molecule has 558 valence electrons. The van der Waals surface area contributed by atoms with Crippen LogP contribution in [0.2, 0.25) is 0 Å². The van der Waals surface area contributed by atoms with Crippen molar-refractivity contribution in [2.24, 2.45) is 0 Å². The van der Waals surface area contributed by atoms with Crippen LogP contribution in [0, 0.1) is 0 Å². The van der Waals surface area contributed by atoms with Crippen molar-refractivity contribution in [3.63, 3.8) is 0 Å². The van der Waals surface area contributed by atoms with Crippen molar-refractivity contribution in [1.82, 2.24) is 0 Å². The smallest absolute Gasteiger partial charge is 0.306 e. The van der Waals surface area contributed by atoms with E-state index < -0.39 is 26.5 Å². The van der Waals surface area contributed by atoms with Gasteiger partial charge in [-0.25, -0.2) is 0 Å². The zero-order valence-electron chi connectivity index (χ0n) is 63.7. The molecule has 0 fully saturated rings. The molecule has 0 aromatic carbocycles. The summed E-state index contributed by atoms with van der Waals surface area (Å²) in [5.74, 6) is -0.832. The van der Waals surface area contributed by atoms with Crippen LogP contribution in [0.5, 0.6) is 0 Å². The highest BCUT2D eigenvalue weighted by molar-refractivity contribution is 7.45. The molecule has 0 rings (SSSR count). The van der Waals surface area contributed by atoms with E-state index in [9.17, 15) is 19.0 Å². The third-order valence-corrected chi connectivity index (χ3v) is 17.7. The fourth-order valence-electron chi connectivity index (χ4n) is 10.7. The van der Waals surface area contributed by atoms with Gasteiger partial charge >= 0.3 is 11.9 Å². The Balaban J connectivity index is 4.01. The summed E-state index contributed by atoms with van der Waals surface area (Å²) in [5, 5.41) is 0. The van der Waals surface area contributed by atoms with Crippen LogP contribution >= 0.6 is 7.82 Å². The van der Waals surface area contributed by atoms with Crippen molar-refractivity contribution in [1.29, 1.82) is 0 Å². The van der Waals surface area contributed by atoms with Gasteiger partial charge in [0.2, 0.25) is 0 Å². The summed E-state index contributed by atoms with van der Waals surface area (Å²) in [7, 11) is 1.16. The van der Waals surface area contributed by atoms with E-state index >= 15 is 0 Å². The second-order valence-corrected chi connectivity index (χ2v) is 28.7. The molecule has 0 aliphatic heterocycles. The molecular formula is C88H148NO8P. The van der Waals surface area contributed by atoms with Gasteiger partial charge in [0.25, 0.3) is 7.82 Å². The van der Waals surface area contributed by atoms with E-state index in [0.29, 0.717) is 17.4 Å². The van der Waals surface area contributed by atoms with Crippen LogP contribution in [-0.4, -0.2) is 70.0 Å². The molecule has 0 aliphatic carbocycles. The standard InChI is InChI=1S/C88H148NO8P/c1-6-8-10-12-14-16-18-20-22-24-26-28-30-32-34-36-38-40-42-43-44-45-47-49-51-53-55-57-59-61-63-65-67-69-71-73-75-77-79-81-88(91)97-86(85-96-98(92,93)95-83-82-89(3,4)5)84-94-87(90)80-78-76-74-72-70-68-66-64-62-60-58-56-54-52-50-48-46-41-39-37-35-33-31-29-27-25-23-21-19-17-15-13-11-9-7-2/h8-11,14-17,20-23,26-29,32-35,38-41,43-44,48,50,86H,6-7,12-13,18-19,24-25,30-31,36-37,42,45-47,49,51-85H2,1-5H3/b10-8-,11-9-,16-14-,17-15-,22-20-,23-21-,28-26-,29-27-,34-32-,35-33-,40-38-,41-39-,44-43-,50-48-. The second-order valence-electron chi connectivity index (χ2n) is 27.3. The monoisotopic (exact) mass is 1380 g/mol. The highest BCUT2D eigenvalue weighted by Crippen LogP contribution is 2.38. The van der Waals surface area contributed by atoms with E-state index in [1.807, 2.05) is 21.1 Å². The van der Waals surface area contributed by atoms with Gasteiger partial charge in [-0.1, -0.05) is 351 Å². The average molecular weight is 1380 g/mol. The normalized spacial score (nSPS) is 14.0. The van der Waals surface area contributed by atoms with Gasteiger partial charge in [0.1, 0.15) is 19.8 Å². The average Bonchev–Trinajstić information content (AvgIpc) is 1.23. The van der Waals surface area contributed by atoms with Gasteiger partial charge in [-0.15, -0.1) is 0 Å². The van der Waals surface area contributed by atoms with Gasteiger partial charge < -0.3 is 27.9 Å². The summed E-state index contributed by atoms with van der Waals surface area (Å²) < 4.78 is 34.4. The Bertz CT molecular complexity index is 2270. The molecule has 0 aromatic heterocycles. The van der Waals surface area contributed by atoms with Gasteiger partial charge in [0.05, 0.1) is 27.7 Å². The van der Waals surface area contributed by atoms with Crippen molar-refractivity contribution >= 4 is 19.8 Å². The molecule has 0 bridgehead atoms. The maximum atomic E-state index is 12.9. The Morgan fingerprint density at radius 3 is 0.816 bits per heavy atom. The van der Waals surface area contributed by atoms with Crippen molar-refractivity contribution in [3.8, 4) is 0 Å². The first-order valence-corrected chi connectivity index (χ1v) is 41.3. The fraction of sp³-hybridized carbons (Fsp3) is 0.659. The number of phosphoric ester groups is 1. The number of hydrogen-bond donors (Lipinski definition) is 0. The number of carbonyl (C=O) groups is 2. The largest absolute Gasteiger partial charge is 0.756 e. The molecule has 0 aromatic rings. The zero-order chi connectivity index (χ0) is 71.1. The summed E-state index contributed by atoms with van der Waals surface area (Å²) in [5.41, 5.74) is 0. The Kier molecular flexibility index (Phi) is 72.9. The maximum absolute atomic E-state index is 12.9. The minimum absolute atomic E-state index is 0.0364. The molecule has 98 heavy (non-hydrogen) atoms. The summed E-state index contributed by atoms with van der Waals surface area (Å²) in [6.45, 7) is 4.03. The lowest BCUT2D eigenvalue weighted by molar-refractivity contribution is -0.870. The first-order chi connectivity index (χ1) is 48.0. The lowest BCUT2D eigenvalue weighted by Gasteiger charge is -2.28. The fourth-order valence-corrected chi connectivity index (χ4v) is 11.5. The van der Waals surface area contributed by atoms with Crippen LogP contribution in [-0.2, 0) is 32.7 Å². The number of unbranched alkanes of at least 4 members (excludes halogenated alkanes) is 30. The topological polar surface area (TPSA) is 111 Å². The number of carbonyl (C=O) groups excluding carboxylic acids is 2. The van der Waals surface area contributed by atoms with Crippen LogP contribution in [0.25, 0.3) is 0 Å². The lowest BCUT2D eigenvalue weighted by Crippen LogP contribution is -2.37. The zero-order valence-corrected chi connectivity index (χ0v) is 64.6. The van der Waals surface area contributed by atoms with E-state index in [4.69, 9.17) is 18.5 Å². The number of quaternary nitrogens is 1. The molecule has 0 saturated heterocycles. The third-order valence-electron chi connectivity index (χ3n) is 16.7. The number of nitrogens with zero attached hydrogens (tertiary/aromatic N) is 1. The van der Waals surface area contributed by atoms with E-state index in [1.165, 1.54) is 161 Å². The van der Waals surface area contributed by atoms with Gasteiger partial charge in [-0.05, 0) is 128 Å². The second kappa shape index (κ2) is 76.5. The minimum atomic E-state index is -4.65. The number of esters is 2. The molecule has 10 heteroatoms. The Hall–Kier alpha value is -4.63. The number of likely N-dealkylation sites (N-methyl/N-ethyl adjacent to an activating group) is 1. The molecule has 0 heterocycles. The van der Waals surface area contributed by atoms with Gasteiger partial charge in [-0.3, -0.25) is 14.2 Å². The van der Waals surface area contributed by atoms with Crippen LogP contribution in [0.1, 0.15) is 322 Å². The summed E-state index contributed by atoms with van der Waals surface area (Å²) in [4.78, 5) is 38.2. The molecule has 0 radical (unpaired) electrons. The summed E-state index contributed by atoms with van der Waals surface area (Å²) >= 11 is 0. The van der Waals surface area contributed by atoms with Crippen molar-refractivity contribution in [2.45, 2.75) is 328 Å². The summed E-state index contributed by atoms with van der Waals surface area (Å²) in [6.07, 6.45) is 116. The molecule has 0 N–H and O–H groups in total. The predicted octanol–water partition coefficient (Wildman–Crippen LogP) is 26.2. The van der Waals surface area contributed by atoms with E-state index in [0.717, 1.165) is 128 Å². The Morgan fingerprint density at radius 1 is 0.316 bits per heavy atom. The van der Waals surface area contributed by atoms with Gasteiger partial charge in [0, 0.05) is 12.8 Å². The molecule has 9 nitrogen and oxygen atoms in total. The molecule has 2 atom stereocenters. The van der Waals surface area contributed by atoms with Gasteiger partial charge in [-0.2, -0.15) is 0 Å². The van der Waals surface area contributed by atoms with E-state index in [-0.39, 0.29) is 32.0 Å². The van der Waals surface area contributed by atoms with Crippen LogP contribution in [0.3, 0.4) is 0 Å². The lowest BCUT2D eigenvalue weighted by atomic mass is 10.0. The van der Waals surface area contributed by atoms with E-state index in [1.54, 1.807) is 0 Å². The van der Waals surface area contributed by atoms with Crippen LogP contribution in [0.15, 0.2) is 170 Å². The van der Waals surface area contributed by atoms with Crippen molar-refractivity contribution in [3.05, 3.63) is 170 Å². The first-order valence-electron chi connectivity index (χ1n) is 39.8. The molecule has 0 amide bonds. The molecule has 2 unspecified atom stereocenters. The minimum Gasteiger partial charge on any atom is -0.756 e. The first kappa shape index (κ1) is 93.4. The van der Waals surface area contributed by atoms with E-state index in [2.05, 4.69) is 184 Å². The van der Waals surface area contributed by atoms with Crippen LogP contribution in [0.4, 0.5) is 0 Å². The number of rotatable bonds is 72. The van der Waals surface area contributed by atoms with Crippen LogP contribution < -0.4 is 4.89 Å². The number of hydrogen-bond acceptors (Lipinski definition) is 8. The molecule has 0 aliphatic rings. The highest BCUT2D eigenvalue weighted by Gasteiger charge is 2.22. The number of allylic oxidation sites excluding steroid dienone is 28. The quantitative estimate of drug-likeness (QED) is 0.0195. The molecule has 0 saturated carbocycles. The Morgan fingerprint density at radius 2 is 0.551 bits per heavy atom. The number of phosphoric acid groups is 1. The van der Waals surface area contributed by atoms with Crippen molar-refractivity contribution in [2.75, 3.05) is 47.5 Å². The molecular weight excluding hydrogens is 1230 g/mol.